The molecule has 2 aliphatic carbocycles. The van der Waals surface area contributed by atoms with Gasteiger partial charge in [-0.25, -0.2) is 4.79 Å². The maximum atomic E-state index is 12.6. The fraction of sp³-hybridized carbons (Fsp3) is 0.500. The molecule has 0 aromatic carbocycles. The van der Waals surface area contributed by atoms with Crippen molar-refractivity contribution in [1.82, 2.24) is 0 Å². The molecule has 0 spiro atoms. The van der Waals surface area contributed by atoms with E-state index in [1.807, 2.05) is 26.8 Å². The van der Waals surface area contributed by atoms with Crippen LogP contribution in [0.15, 0.2) is 48.1 Å². The van der Waals surface area contributed by atoms with Gasteiger partial charge in [-0.1, -0.05) is 32.6 Å². The predicted octanol–water partition coefficient (Wildman–Crippen LogP) is 3.75. The van der Waals surface area contributed by atoms with Crippen LogP contribution in [-0.4, -0.2) is 25.2 Å². The van der Waals surface area contributed by atoms with Crippen LogP contribution in [0.4, 0.5) is 0 Å². The molecule has 0 heterocycles. The summed E-state index contributed by atoms with van der Waals surface area (Å²) in [6, 6.07) is 0. The Hall–Kier alpha value is -2.10. The molecular weight excluding hydrogens is 304 g/mol. The van der Waals surface area contributed by atoms with Crippen molar-refractivity contribution in [3.63, 3.8) is 0 Å². The number of esters is 2. The second kappa shape index (κ2) is 6.80. The van der Waals surface area contributed by atoms with E-state index in [-0.39, 0.29) is 29.3 Å². The Morgan fingerprint density at radius 2 is 2.04 bits per heavy atom. The van der Waals surface area contributed by atoms with Crippen molar-refractivity contribution in [2.75, 3.05) is 7.11 Å². The first-order valence-electron chi connectivity index (χ1n) is 8.19. The van der Waals surface area contributed by atoms with Crippen LogP contribution in [0, 0.1) is 17.3 Å². The lowest BCUT2D eigenvalue weighted by atomic mass is 10.1. The first-order chi connectivity index (χ1) is 11.2. The molecule has 2 rings (SSSR count). The van der Waals surface area contributed by atoms with Crippen LogP contribution in [0.1, 0.15) is 33.6 Å². The fourth-order valence-electron chi connectivity index (χ4n) is 3.50. The Morgan fingerprint density at radius 3 is 2.62 bits per heavy atom. The maximum absolute atomic E-state index is 12.6. The zero-order valence-electron chi connectivity index (χ0n) is 14.9. The van der Waals surface area contributed by atoms with Crippen molar-refractivity contribution in [1.29, 1.82) is 0 Å². The molecule has 1 fully saturated rings. The monoisotopic (exact) mass is 330 g/mol. The summed E-state index contributed by atoms with van der Waals surface area (Å²) in [7, 11) is 1.33. The van der Waals surface area contributed by atoms with E-state index in [9.17, 15) is 9.59 Å². The number of allylic oxidation sites excluding steroid dienone is 3. The van der Waals surface area contributed by atoms with Crippen LogP contribution in [0.5, 0.6) is 0 Å². The average Bonchev–Trinajstić information content (AvgIpc) is 2.99. The quantitative estimate of drug-likeness (QED) is 0.423. The highest BCUT2D eigenvalue weighted by atomic mass is 16.5. The minimum atomic E-state index is -0.412. The van der Waals surface area contributed by atoms with E-state index in [1.54, 1.807) is 6.08 Å². The molecule has 4 nitrogen and oxygen atoms in total. The van der Waals surface area contributed by atoms with Crippen molar-refractivity contribution in [2.45, 2.75) is 39.7 Å². The number of rotatable bonds is 6. The van der Waals surface area contributed by atoms with Crippen molar-refractivity contribution < 1.29 is 19.1 Å². The Morgan fingerprint density at radius 1 is 1.38 bits per heavy atom. The SMILES string of the molecule is C=CCC1=C(C)C(OC(=O)[C@@H]2[C@@H](C=CC(=O)OC)C2(C)C)CC1=C. The molecule has 0 aliphatic heterocycles. The standard InChI is InChI=1S/C20H26O4/c1-7-8-14-12(2)11-16(13(14)3)24-19(22)18-15(20(18,4)5)9-10-17(21)23-6/h7,9-10,15-16,18H,1-2,8,11H2,3-6H3/t15-,16?,18+/m1/s1. The van der Waals surface area contributed by atoms with Crippen LogP contribution in [0.3, 0.4) is 0 Å². The molecule has 0 saturated heterocycles. The highest BCUT2D eigenvalue weighted by Gasteiger charge is 2.61. The third-order valence-electron chi connectivity index (χ3n) is 5.23. The number of ether oxygens (including phenoxy) is 2. The Labute approximate surface area is 143 Å². The normalized spacial score (nSPS) is 28.2. The molecule has 2 aliphatic rings. The number of methoxy groups -OCH3 is 1. The second-order valence-electron chi connectivity index (χ2n) is 7.09. The van der Waals surface area contributed by atoms with Gasteiger partial charge in [-0.05, 0) is 41.4 Å². The summed E-state index contributed by atoms with van der Waals surface area (Å²) in [6.07, 6.45) is 6.13. The Balaban J connectivity index is 2.03. The number of hydrogen-bond donors (Lipinski definition) is 0. The van der Waals surface area contributed by atoms with Gasteiger partial charge in [0.2, 0.25) is 0 Å². The van der Waals surface area contributed by atoms with Gasteiger partial charge in [0.05, 0.1) is 13.0 Å². The van der Waals surface area contributed by atoms with Gasteiger partial charge in [-0.2, -0.15) is 0 Å². The maximum Gasteiger partial charge on any atom is 0.330 e. The molecule has 130 valence electrons. The van der Waals surface area contributed by atoms with Gasteiger partial charge in [0.1, 0.15) is 6.10 Å². The van der Waals surface area contributed by atoms with Gasteiger partial charge >= 0.3 is 11.9 Å². The van der Waals surface area contributed by atoms with Crippen LogP contribution < -0.4 is 0 Å². The van der Waals surface area contributed by atoms with Crippen molar-refractivity contribution in [2.24, 2.45) is 17.3 Å². The molecule has 0 radical (unpaired) electrons. The summed E-state index contributed by atoms with van der Waals surface area (Å²) in [5.74, 6) is -0.866. The minimum Gasteiger partial charge on any atom is -0.466 e. The molecular formula is C20H26O4. The van der Waals surface area contributed by atoms with E-state index in [0.717, 1.165) is 23.1 Å². The lowest BCUT2D eigenvalue weighted by Gasteiger charge is -2.14. The van der Waals surface area contributed by atoms with E-state index in [1.165, 1.54) is 13.2 Å². The minimum absolute atomic E-state index is 0.00867. The largest absolute Gasteiger partial charge is 0.466 e. The van der Waals surface area contributed by atoms with Crippen LogP contribution in [-0.2, 0) is 19.1 Å². The fourth-order valence-corrected chi connectivity index (χ4v) is 3.50. The summed E-state index contributed by atoms with van der Waals surface area (Å²) >= 11 is 0. The summed E-state index contributed by atoms with van der Waals surface area (Å²) in [4.78, 5) is 23.8. The number of carbonyl (C=O) groups is 2. The Bertz CT molecular complexity index is 636. The van der Waals surface area contributed by atoms with E-state index in [4.69, 9.17) is 4.74 Å². The molecule has 0 amide bonds. The third kappa shape index (κ3) is 3.37. The smallest absolute Gasteiger partial charge is 0.330 e. The van der Waals surface area contributed by atoms with E-state index >= 15 is 0 Å². The van der Waals surface area contributed by atoms with Crippen LogP contribution >= 0.6 is 0 Å². The molecule has 3 atom stereocenters. The van der Waals surface area contributed by atoms with Crippen LogP contribution in [0.2, 0.25) is 0 Å². The van der Waals surface area contributed by atoms with Gasteiger partial charge in [0, 0.05) is 12.5 Å². The third-order valence-corrected chi connectivity index (χ3v) is 5.23. The Kier molecular flexibility index (Phi) is 5.16. The summed E-state index contributed by atoms with van der Waals surface area (Å²) in [6.45, 7) is 13.8. The van der Waals surface area contributed by atoms with Gasteiger partial charge in [0.15, 0.2) is 0 Å². The highest BCUT2D eigenvalue weighted by Crippen LogP contribution is 2.59. The lowest BCUT2D eigenvalue weighted by Crippen LogP contribution is -2.20. The zero-order valence-corrected chi connectivity index (χ0v) is 14.9. The average molecular weight is 330 g/mol. The predicted molar refractivity (Wildman–Crippen MR) is 93.1 cm³/mol. The molecule has 0 bridgehead atoms. The molecule has 24 heavy (non-hydrogen) atoms. The van der Waals surface area contributed by atoms with E-state index in [2.05, 4.69) is 17.9 Å². The molecule has 0 N–H and O–H groups in total. The van der Waals surface area contributed by atoms with Crippen molar-refractivity contribution >= 4 is 11.9 Å². The molecule has 0 aromatic heterocycles. The summed E-state index contributed by atoms with van der Waals surface area (Å²) in [5, 5.41) is 0. The van der Waals surface area contributed by atoms with Crippen LogP contribution in [0.25, 0.3) is 0 Å². The van der Waals surface area contributed by atoms with Gasteiger partial charge in [-0.15, -0.1) is 6.58 Å². The van der Waals surface area contributed by atoms with E-state index in [0.29, 0.717) is 6.42 Å². The van der Waals surface area contributed by atoms with E-state index < -0.39 is 5.97 Å². The van der Waals surface area contributed by atoms with Gasteiger partial charge in [0.25, 0.3) is 0 Å². The van der Waals surface area contributed by atoms with Gasteiger partial charge in [-0.3, -0.25) is 4.79 Å². The lowest BCUT2D eigenvalue weighted by molar-refractivity contribution is -0.149. The molecule has 1 unspecified atom stereocenters. The molecule has 4 heteroatoms. The van der Waals surface area contributed by atoms with Crippen molar-refractivity contribution in [3.05, 3.63) is 48.1 Å². The summed E-state index contributed by atoms with van der Waals surface area (Å²) in [5.41, 5.74) is 3.01. The van der Waals surface area contributed by atoms with Crippen molar-refractivity contribution in [3.8, 4) is 0 Å². The number of hydrogen-bond acceptors (Lipinski definition) is 4. The zero-order chi connectivity index (χ0) is 18.1. The second-order valence-corrected chi connectivity index (χ2v) is 7.09. The topological polar surface area (TPSA) is 52.6 Å². The first kappa shape index (κ1) is 18.2. The molecule has 0 aromatic rings. The summed E-state index contributed by atoms with van der Waals surface area (Å²) < 4.78 is 10.3. The van der Waals surface area contributed by atoms with Gasteiger partial charge < -0.3 is 9.47 Å². The molecule has 1 saturated carbocycles. The number of carbonyl (C=O) groups excluding carboxylic acids is 2. The highest BCUT2D eigenvalue weighted by molar-refractivity contribution is 5.83. The first-order valence-corrected chi connectivity index (χ1v) is 8.19.